The van der Waals surface area contributed by atoms with E-state index in [1.807, 2.05) is 42.5 Å². The molecule has 2 aliphatic rings. The maximum atomic E-state index is 11.3. The predicted octanol–water partition coefficient (Wildman–Crippen LogP) is -2.90. The first-order valence-corrected chi connectivity index (χ1v) is 15.3. The Morgan fingerprint density at radius 3 is 2.11 bits per heavy atom. The molecule has 0 aromatic heterocycles. The fourth-order valence-corrected chi connectivity index (χ4v) is 5.55. The molecule has 11 unspecified atom stereocenters. The first kappa shape index (κ1) is 36.5. The highest BCUT2D eigenvalue weighted by atomic mass is 16.7. The van der Waals surface area contributed by atoms with Gasteiger partial charge in [0.15, 0.2) is 12.6 Å². The minimum atomic E-state index is -1.57. The molecular formula is C31H48N4O11. The lowest BCUT2D eigenvalue weighted by Crippen LogP contribution is -2.68. The number of ether oxygens (including phenoxy) is 5. The monoisotopic (exact) mass is 652 g/mol. The highest BCUT2D eigenvalue weighted by Gasteiger charge is 2.50. The fraction of sp³-hybridized carbons (Fsp3) is 0.613. The van der Waals surface area contributed by atoms with Gasteiger partial charge in [-0.15, -0.1) is 0 Å². The molecule has 14 atom stereocenters. The first-order valence-electron chi connectivity index (χ1n) is 15.3. The van der Waals surface area contributed by atoms with Gasteiger partial charge in [0, 0.05) is 18.6 Å². The van der Waals surface area contributed by atoms with Crippen LogP contribution in [0.4, 0.5) is 0 Å². The van der Waals surface area contributed by atoms with Crippen molar-refractivity contribution < 1.29 is 54.3 Å². The minimum Gasteiger partial charge on any atom is -0.491 e. The molecule has 2 fully saturated rings. The molecular weight excluding hydrogens is 604 g/mol. The van der Waals surface area contributed by atoms with Crippen molar-refractivity contribution in [1.29, 1.82) is 0 Å². The van der Waals surface area contributed by atoms with Gasteiger partial charge in [-0.1, -0.05) is 42.5 Å². The van der Waals surface area contributed by atoms with Crippen LogP contribution in [-0.4, -0.2) is 136 Å². The Hall–Kier alpha value is -2.32. The molecule has 14 N–H and O–H groups in total. The maximum absolute atomic E-state index is 11.3. The van der Waals surface area contributed by atoms with Gasteiger partial charge in [-0.3, -0.25) is 0 Å². The van der Waals surface area contributed by atoms with Crippen molar-refractivity contribution in [2.24, 2.45) is 22.9 Å². The van der Waals surface area contributed by atoms with E-state index >= 15 is 0 Å². The van der Waals surface area contributed by atoms with Gasteiger partial charge in [0.2, 0.25) is 0 Å². The van der Waals surface area contributed by atoms with Crippen LogP contribution in [0.25, 0.3) is 11.1 Å². The largest absolute Gasteiger partial charge is 0.491 e. The number of aliphatic hydroxyl groups is 6. The Labute approximate surface area is 267 Å². The molecule has 0 bridgehead atoms. The van der Waals surface area contributed by atoms with E-state index < -0.39 is 92.2 Å². The number of nitrogens with two attached hydrogens (primary N) is 4. The summed E-state index contributed by atoms with van der Waals surface area (Å²) in [5.41, 5.74) is 26.4. The predicted molar refractivity (Wildman–Crippen MR) is 165 cm³/mol. The number of aliphatic hydroxyl groups excluding tert-OH is 6. The Kier molecular flexibility index (Phi) is 13.2. The first-order chi connectivity index (χ1) is 21.9. The van der Waals surface area contributed by atoms with E-state index in [1.165, 1.54) is 6.92 Å². The molecule has 1 aliphatic carbocycles. The average Bonchev–Trinajstić information content (AvgIpc) is 3.05. The molecule has 1 saturated carbocycles. The zero-order valence-corrected chi connectivity index (χ0v) is 25.6. The molecule has 1 heterocycles. The summed E-state index contributed by atoms with van der Waals surface area (Å²) in [6.45, 7) is 0.410. The molecule has 258 valence electrons. The zero-order valence-electron chi connectivity index (χ0n) is 25.6. The lowest BCUT2D eigenvalue weighted by molar-refractivity contribution is -0.315. The fourth-order valence-electron chi connectivity index (χ4n) is 5.55. The van der Waals surface area contributed by atoms with E-state index in [1.54, 1.807) is 12.1 Å². The second kappa shape index (κ2) is 16.7. The summed E-state index contributed by atoms with van der Waals surface area (Å²) in [4.78, 5) is 0. The summed E-state index contributed by atoms with van der Waals surface area (Å²) in [5, 5.41) is 62.7. The minimum absolute atomic E-state index is 0.0774. The molecule has 2 aromatic rings. The van der Waals surface area contributed by atoms with Crippen LogP contribution >= 0.6 is 0 Å². The molecule has 1 saturated heterocycles. The van der Waals surface area contributed by atoms with Gasteiger partial charge in [0.1, 0.15) is 55.1 Å². The number of hydrogen-bond acceptors (Lipinski definition) is 15. The second-order valence-electron chi connectivity index (χ2n) is 11.8. The summed E-state index contributed by atoms with van der Waals surface area (Å²) in [6, 6.07) is 14.3. The average molecular weight is 653 g/mol. The molecule has 0 radical (unpaired) electrons. The number of benzene rings is 2. The van der Waals surface area contributed by atoms with Crippen molar-refractivity contribution in [2.45, 2.75) is 99.0 Å². The number of rotatable bonds is 14. The number of hydrogen-bond donors (Lipinski definition) is 10. The quantitative estimate of drug-likeness (QED) is 0.0917. The van der Waals surface area contributed by atoms with Gasteiger partial charge in [-0.2, -0.15) is 0 Å². The lowest BCUT2D eigenvalue weighted by Gasteiger charge is -2.47. The van der Waals surface area contributed by atoms with Gasteiger partial charge in [-0.05, 0) is 36.6 Å². The molecule has 15 nitrogen and oxygen atoms in total. The molecule has 4 rings (SSSR count). The van der Waals surface area contributed by atoms with E-state index in [0.29, 0.717) is 5.75 Å². The highest BCUT2D eigenvalue weighted by Crippen LogP contribution is 2.30. The molecule has 2 aromatic carbocycles. The maximum Gasteiger partial charge on any atom is 0.186 e. The standard InChI is InChI=1S/C31H48N4O11/c1-15(37)22(12-32)43-30(21(38)13-36)45-28-19(33)11-20(34)29(27(28)41)46-31-26(40)24(35)25(39)23(44-31)14-42-18-9-7-17(8-10-18)16-5-3-2-4-6-16/h2-10,15,19-31,36-41H,11-14,32-35H2,1H3/t15-,19?,20-,21-,22?,23?,24?,25?,26?,27?,28?,29?,30?,31?/m0/s1. The zero-order chi connectivity index (χ0) is 33.5. The molecule has 15 heteroatoms. The van der Waals surface area contributed by atoms with Crippen molar-refractivity contribution in [3.8, 4) is 16.9 Å². The van der Waals surface area contributed by atoms with Gasteiger partial charge in [-0.25, -0.2) is 0 Å². The van der Waals surface area contributed by atoms with E-state index in [4.69, 9.17) is 46.6 Å². The van der Waals surface area contributed by atoms with Crippen molar-refractivity contribution in [3.63, 3.8) is 0 Å². The summed E-state index contributed by atoms with van der Waals surface area (Å²) < 4.78 is 29.2. The van der Waals surface area contributed by atoms with Crippen LogP contribution < -0.4 is 27.7 Å². The van der Waals surface area contributed by atoms with Crippen molar-refractivity contribution in [3.05, 3.63) is 54.6 Å². The van der Waals surface area contributed by atoms with E-state index in [9.17, 15) is 30.6 Å². The Bertz CT molecular complexity index is 1180. The summed E-state index contributed by atoms with van der Waals surface area (Å²) >= 11 is 0. The van der Waals surface area contributed by atoms with Crippen molar-refractivity contribution >= 4 is 0 Å². The Morgan fingerprint density at radius 2 is 1.50 bits per heavy atom. The van der Waals surface area contributed by atoms with Gasteiger partial charge >= 0.3 is 0 Å². The molecule has 0 spiro atoms. The van der Waals surface area contributed by atoms with Crippen LogP contribution in [-0.2, 0) is 18.9 Å². The van der Waals surface area contributed by atoms with Crippen LogP contribution in [0.5, 0.6) is 5.75 Å². The second-order valence-corrected chi connectivity index (χ2v) is 11.8. The van der Waals surface area contributed by atoms with Crippen LogP contribution in [0.2, 0.25) is 0 Å². The van der Waals surface area contributed by atoms with Crippen LogP contribution in [0, 0.1) is 0 Å². The van der Waals surface area contributed by atoms with E-state index in [2.05, 4.69) is 0 Å². The van der Waals surface area contributed by atoms with Crippen LogP contribution in [0.1, 0.15) is 13.3 Å². The topological polar surface area (TPSA) is 272 Å². The van der Waals surface area contributed by atoms with Crippen molar-refractivity contribution in [1.82, 2.24) is 0 Å². The Morgan fingerprint density at radius 1 is 0.870 bits per heavy atom. The van der Waals surface area contributed by atoms with E-state index in [-0.39, 0.29) is 19.6 Å². The SMILES string of the molecule is C[C@H](O)C(CN)OC(OC1C(N)C[C@H](N)C(OC2OC(COc3ccc(-c4ccccc4)cc3)C(O)C(N)C2O)C1O)[C@@H](O)CO. The normalized spacial score (nSPS) is 34.4. The smallest absolute Gasteiger partial charge is 0.186 e. The van der Waals surface area contributed by atoms with E-state index in [0.717, 1.165) is 11.1 Å². The van der Waals surface area contributed by atoms with Gasteiger partial charge in [0.05, 0.1) is 24.9 Å². The highest BCUT2D eigenvalue weighted by molar-refractivity contribution is 5.63. The van der Waals surface area contributed by atoms with Gasteiger partial charge < -0.3 is 77.3 Å². The van der Waals surface area contributed by atoms with Crippen LogP contribution in [0.3, 0.4) is 0 Å². The van der Waals surface area contributed by atoms with Gasteiger partial charge in [0.25, 0.3) is 0 Å². The summed E-state index contributed by atoms with van der Waals surface area (Å²) in [6.07, 6.45) is -14.3. The molecule has 46 heavy (non-hydrogen) atoms. The third kappa shape index (κ3) is 8.77. The third-order valence-corrected chi connectivity index (χ3v) is 8.36. The molecule has 1 aliphatic heterocycles. The lowest BCUT2D eigenvalue weighted by atomic mass is 9.84. The molecule has 0 amide bonds. The summed E-state index contributed by atoms with van der Waals surface area (Å²) in [7, 11) is 0. The Balaban J connectivity index is 1.42. The third-order valence-electron chi connectivity index (χ3n) is 8.36. The van der Waals surface area contributed by atoms with Crippen LogP contribution in [0.15, 0.2) is 54.6 Å². The van der Waals surface area contributed by atoms with Crippen molar-refractivity contribution in [2.75, 3.05) is 19.8 Å². The summed E-state index contributed by atoms with van der Waals surface area (Å²) in [5.74, 6) is 0.514.